The van der Waals surface area contributed by atoms with Crippen LogP contribution in [0.4, 0.5) is 10.1 Å². The lowest BCUT2D eigenvalue weighted by molar-refractivity contribution is -0.123. The largest absolute Gasteiger partial charge is 0.497 e. The Morgan fingerprint density at radius 3 is 2.55 bits per heavy atom. The molecule has 1 aliphatic carbocycles. The predicted molar refractivity (Wildman–Crippen MR) is 119 cm³/mol. The molecule has 1 amide bonds. The van der Waals surface area contributed by atoms with Crippen LogP contribution in [0.2, 0.25) is 0 Å². The van der Waals surface area contributed by atoms with Gasteiger partial charge in [-0.3, -0.25) is 4.79 Å². The minimum Gasteiger partial charge on any atom is -0.497 e. The molecule has 0 fully saturated rings. The van der Waals surface area contributed by atoms with E-state index in [1.807, 2.05) is 0 Å². The summed E-state index contributed by atoms with van der Waals surface area (Å²) in [5, 5.41) is 7.13. The van der Waals surface area contributed by atoms with Gasteiger partial charge in [0.25, 0.3) is 5.91 Å². The number of carbonyl (C=O) groups is 2. The van der Waals surface area contributed by atoms with E-state index in [0.717, 1.165) is 24.1 Å². The minimum absolute atomic E-state index is 0.172. The van der Waals surface area contributed by atoms with Crippen LogP contribution in [-0.4, -0.2) is 42.0 Å². The first kappa shape index (κ1) is 22.3. The number of fused-ring (bicyclic) bond motifs is 1. The first-order chi connectivity index (χ1) is 15.9. The maximum absolute atomic E-state index is 13.3. The zero-order valence-electron chi connectivity index (χ0n) is 18.6. The topological polar surface area (TPSA) is 91.7 Å². The summed E-state index contributed by atoms with van der Waals surface area (Å²) in [7, 11) is 3.00. The van der Waals surface area contributed by atoms with Crippen molar-refractivity contribution in [1.82, 2.24) is 9.78 Å². The van der Waals surface area contributed by atoms with Gasteiger partial charge < -0.3 is 19.5 Å². The third-order valence-electron chi connectivity index (χ3n) is 5.51. The van der Waals surface area contributed by atoms with E-state index in [4.69, 9.17) is 14.2 Å². The van der Waals surface area contributed by atoms with Crippen molar-refractivity contribution in [3.63, 3.8) is 0 Å². The Balaban J connectivity index is 1.51. The van der Waals surface area contributed by atoms with E-state index in [2.05, 4.69) is 10.4 Å². The molecule has 172 valence electrons. The number of hydrogen-bond donors (Lipinski definition) is 1. The van der Waals surface area contributed by atoms with Crippen molar-refractivity contribution < 1.29 is 28.2 Å². The molecule has 1 aliphatic rings. The number of anilines is 1. The normalized spacial score (nSPS) is 13.2. The van der Waals surface area contributed by atoms with Gasteiger partial charge in [-0.2, -0.15) is 5.10 Å². The Hall–Kier alpha value is -3.88. The molecule has 2 aromatic carbocycles. The quantitative estimate of drug-likeness (QED) is 0.549. The molecule has 0 saturated carbocycles. The summed E-state index contributed by atoms with van der Waals surface area (Å²) in [5.41, 5.74) is 2.92. The van der Waals surface area contributed by atoms with E-state index in [9.17, 15) is 14.0 Å². The summed E-state index contributed by atoms with van der Waals surface area (Å²) in [5.74, 6) is -0.579. The van der Waals surface area contributed by atoms with Crippen molar-refractivity contribution in [2.24, 2.45) is 0 Å². The van der Waals surface area contributed by atoms with Gasteiger partial charge in [0, 0.05) is 17.3 Å². The third kappa shape index (κ3) is 4.52. The maximum Gasteiger partial charge on any atom is 0.359 e. The van der Waals surface area contributed by atoms with Crippen LogP contribution in [0.5, 0.6) is 11.5 Å². The Morgan fingerprint density at radius 2 is 1.85 bits per heavy atom. The summed E-state index contributed by atoms with van der Waals surface area (Å²) in [6.45, 7) is 1.48. The number of aromatic nitrogens is 2. The summed E-state index contributed by atoms with van der Waals surface area (Å²) >= 11 is 0. The highest BCUT2D eigenvalue weighted by Gasteiger charge is 2.30. The maximum atomic E-state index is 13.3. The van der Waals surface area contributed by atoms with Crippen molar-refractivity contribution in [3.8, 4) is 17.2 Å². The molecule has 9 heteroatoms. The average molecular weight is 453 g/mol. The number of rotatable bonds is 7. The number of ether oxygens (including phenoxy) is 3. The van der Waals surface area contributed by atoms with Crippen LogP contribution in [0.25, 0.3) is 5.69 Å². The Morgan fingerprint density at radius 1 is 1.09 bits per heavy atom. The molecule has 1 aromatic heterocycles. The highest BCUT2D eigenvalue weighted by atomic mass is 19.1. The van der Waals surface area contributed by atoms with E-state index in [1.54, 1.807) is 35.0 Å². The van der Waals surface area contributed by atoms with Gasteiger partial charge in [-0.15, -0.1) is 0 Å². The summed E-state index contributed by atoms with van der Waals surface area (Å²) in [6.07, 6.45) is 1.23. The second kappa shape index (κ2) is 9.32. The van der Waals surface area contributed by atoms with Crippen LogP contribution < -0.4 is 14.8 Å². The smallest absolute Gasteiger partial charge is 0.359 e. The zero-order chi connectivity index (χ0) is 23.5. The standard InChI is InChI=1S/C24H24FN3O5/c1-14(23(29)26-19-13-17(31-2)11-12-21(19)32-3)33-24(30)22-18-5-4-6-20(18)28(27-22)16-9-7-15(25)8-10-16/h7-14H,4-6H2,1-3H3,(H,26,29)/t14-/m1/s1. The number of nitrogens with zero attached hydrogens (tertiary/aromatic N) is 2. The fraction of sp³-hybridized carbons (Fsp3) is 0.292. The van der Waals surface area contributed by atoms with Crippen LogP contribution >= 0.6 is 0 Å². The minimum atomic E-state index is -1.08. The molecule has 0 saturated heterocycles. The number of halogens is 1. The van der Waals surface area contributed by atoms with Crippen LogP contribution in [0.1, 0.15) is 35.1 Å². The van der Waals surface area contributed by atoms with Crippen LogP contribution in [-0.2, 0) is 22.4 Å². The van der Waals surface area contributed by atoms with Gasteiger partial charge in [0.15, 0.2) is 11.8 Å². The van der Waals surface area contributed by atoms with Gasteiger partial charge >= 0.3 is 5.97 Å². The van der Waals surface area contributed by atoms with Gasteiger partial charge in [-0.25, -0.2) is 13.9 Å². The molecule has 1 N–H and O–H groups in total. The molecule has 0 spiro atoms. The zero-order valence-corrected chi connectivity index (χ0v) is 18.6. The van der Waals surface area contributed by atoms with Crippen LogP contribution in [0, 0.1) is 5.82 Å². The summed E-state index contributed by atoms with van der Waals surface area (Å²) < 4.78 is 30.8. The van der Waals surface area contributed by atoms with E-state index in [1.165, 1.54) is 33.3 Å². The Labute approximate surface area is 190 Å². The number of methoxy groups -OCH3 is 2. The first-order valence-electron chi connectivity index (χ1n) is 10.5. The SMILES string of the molecule is COc1ccc(OC)c(NC(=O)[C@@H](C)OC(=O)c2nn(-c3ccc(F)cc3)c3c2CCC3)c1. The first-order valence-corrected chi connectivity index (χ1v) is 10.5. The van der Waals surface area contributed by atoms with E-state index >= 15 is 0 Å². The number of carbonyl (C=O) groups excluding carboxylic acids is 2. The molecule has 3 aromatic rings. The number of amides is 1. The highest BCUT2D eigenvalue weighted by molar-refractivity contribution is 5.98. The van der Waals surface area contributed by atoms with E-state index in [0.29, 0.717) is 29.3 Å². The molecule has 0 radical (unpaired) electrons. The molecule has 0 bridgehead atoms. The molecule has 33 heavy (non-hydrogen) atoms. The van der Waals surface area contributed by atoms with Crippen LogP contribution in [0.15, 0.2) is 42.5 Å². The van der Waals surface area contributed by atoms with E-state index < -0.39 is 18.0 Å². The second-order valence-corrected chi connectivity index (χ2v) is 7.62. The molecule has 1 atom stereocenters. The van der Waals surface area contributed by atoms with Crippen molar-refractivity contribution in [1.29, 1.82) is 0 Å². The van der Waals surface area contributed by atoms with Crippen molar-refractivity contribution in [2.45, 2.75) is 32.3 Å². The fourth-order valence-corrected chi connectivity index (χ4v) is 3.81. The summed E-state index contributed by atoms with van der Waals surface area (Å²) in [6, 6.07) is 10.9. The molecule has 4 rings (SSSR count). The monoisotopic (exact) mass is 453 g/mol. The Kier molecular flexibility index (Phi) is 6.30. The van der Waals surface area contributed by atoms with Crippen molar-refractivity contribution in [3.05, 3.63) is 65.2 Å². The molecule has 0 aliphatic heterocycles. The van der Waals surface area contributed by atoms with Gasteiger partial charge in [0.1, 0.15) is 17.3 Å². The summed E-state index contributed by atoms with van der Waals surface area (Å²) in [4.78, 5) is 25.6. The lowest BCUT2D eigenvalue weighted by Crippen LogP contribution is -2.30. The lowest BCUT2D eigenvalue weighted by atomic mass is 10.2. The van der Waals surface area contributed by atoms with Gasteiger partial charge in [-0.1, -0.05) is 0 Å². The third-order valence-corrected chi connectivity index (χ3v) is 5.51. The number of esters is 1. The number of hydrogen-bond acceptors (Lipinski definition) is 6. The molecular weight excluding hydrogens is 429 g/mol. The molecular formula is C24H24FN3O5. The van der Waals surface area contributed by atoms with E-state index in [-0.39, 0.29) is 11.5 Å². The predicted octanol–water partition coefficient (Wildman–Crippen LogP) is 3.70. The molecule has 0 unspecified atom stereocenters. The fourth-order valence-electron chi connectivity index (χ4n) is 3.81. The lowest BCUT2D eigenvalue weighted by Gasteiger charge is -2.15. The van der Waals surface area contributed by atoms with Crippen molar-refractivity contribution >= 4 is 17.6 Å². The highest BCUT2D eigenvalue weighted by Crippen LogP contribution is 2.30. The van der Waals surface area contributed by atoms with Crippen molar-refractivity contribution in [2.75, 3.05) is 19.5 Å². The molecule has 1 heterocycles. The van der Waals surface area contributed by atoms with Gasteiger partial charge in [0.05, 0.1) is 25.6 Å². The molecule has 8 nitrogen and oxygen atoms in total. The average Bonchev–Trinajstić information content (AvgIpc) is 3.42. The van der Waals surface area contributed by atoms with Crippen LogP contribution in [0.3, 0.4) is 0 Å². The number of nitrogens with one attached hydrogen (secondary N) is 1. The Bertz CT molecular complexity index is 1190. The van der Waals surface area contributed by atoms with Gasteiger partial charge in [-0.05, 0) is 62.6 Å². The number of benzene rings is 2. The van der Waals surface area contributed by atoms with Gasteiger partial charge in [0.2, 0.25) is 0 Å². The second-order valence-electron chi connectivity index (χ2n) is 7.62.